The van der Waals surface area contributed by atoms with Crippen LogP contribution >= 0.6 is 0 Å². The molecule has 27 heavy (non-hydrogen) atoms. The zero-order chi connectivity index (χ0) is 19.3. The van der Waals surface area contributed by atoms with E-state index in [0.29, 0.717) is 30.3 Å². The molecule has 7 heteroatoms. The van der Waals surface area contributed by atoms with Crippen LogP contribution in [0, 0.1) is 11.8 Å². The van der Waals surface area contributed by atoms with Crippen LogP contribution in [0.2, 0.25) is 0 Å². The summed E-state index contributed by atoms with van der Waals surface area (Å²) >= 11 is 0. The summed E-state index contributed by atoms with van der Waals surface area (Å²) in [7, 11) is 0. The number of halogens is 1. The third-order valence-corrected chi connectivity index (χ3v) is 6.09. The van der Waals surface area contributed by atoms with Gasteiger partial charge in [0.2, 0.25) is 0 Å². The number of likely N-dealkylation sites (tertiary alicyclic amines) is 1. The molecule has 1 aliphatic carbocycles. The molecule has 4 rings (SSSR count). The number of aliphatic hydroxyl groups excluding tert-OH is 1. The van der Waals surface area contributed by atoms with E-state index in [9.17, 15) is 15.0 Å². The Morgan fingerprint density at radius 1 is 1.37 bits per heavy atom. The Balaban J connectivity index is 1.72. The van der Waals surface area contributed by atoms with Gasteiger partial charge in [-0.3, -0.25) is 0 Å². The molecule has 146 valence electrons. The number of aliphatic hydroxyl groups is 1. The quantitative estimate of drug-likeness (QED) is 0.678. The standard InChI is InChI=1S/C20H26FN3O3/c1-11-18-15(12-2-3-12)6-14(20(26)27)8-24(18)9-16(21)19(11)23-5-4-13(7-23)17(22)10-25/h6,9,12-13,17,25H,2-5,7-8,10,22H2,1H3,(H,26,27)/t13-,17?/m1/s1. The third-order valence-electron chi connectivity index (χ3n) is 6.09. The maximum atomic E-state index is 15.1. The number of carbonyl (C=O) groups is 1. The maximum Gasteiger partial charge on any atom is 0.333 e. The van der Waals surface area contributed by atoms with E-state index in [1.807, 2.05) is 11.8 Å². The summed E-state index contributed by atoms with van der Waals surface area (Å²) in [6.07, 6.45) is 6.14. The molecule has 3 aliphatic heterocycles. The van der Waals surface area contributed by atoms with Crippen molar-refractivity contribution in [2.24, 2.45) is 17.6 Å². The van der Waals surface area contributed by atoms with E-state index in [1.165, 1.54) is 6.20 Å². The van der Waals surface area contributed by atoms with Crippen molar-refractivity contribution in [2.75, 3.05) is 26.2 Å². The second-order valence-corrected chi connectivity index (χ2v) is 7.97. The molecule has 6 nitrogen and oxygen atoms in total. The first-order chi connectivity index (χ1) is 12.9. The topological polar surface area (TPSA) is 90.0 Å². The number of carboxylic acids is 1. The SMILES string of the molecule is CC1=C(N2CC[C@@H](C(N)CO)C2)C(F)=CN2CC(C(=O)O)=CC(C3CC3)=C12. The lowest BCUT2D eigenvalue weighted by Crippen LogP contribution is -2.37. The van der Waals surface area contributed by atoms with Crippen LogP contribution in [0.5, 0.6) is 0 Å². The zero-order valence-corrected chi connectivity index (χ0v) is 15.5. The van der Waals surface area contributed by atoms with E-state index in [0.717, 1.165) is 36.1 Å². The van der Waals surface area contributed by atoms with Gasteiger partial charge < -0.3 is 25.7 Å². The molecule has 4 N–H and O–H groups in total. The molecule has 0 aromatic heterocycles. The number of nitrogens with two attached hydrogens (primary N) is 1. The Labute approximate surface area is 158 Å². The van der Waals surface area contributed by atoms with Crippen molar-refractivity contribution in [3.63, 3.8) is 0 Å². The van der Waals surface area contributed by atoms with Crippen molar-refractivity contribution in [1.29, 1.82) is 0 Å². The molecule has 2 fully saturated rings. The first-order valence-electron chi connectivity index (χ1n) is 9.55. The van der Waals surface area contributed by atoms with Gasteiger partial charge in [-0.2, -0.15) is 0 Å². The summed E-state index contributed by atoms with van der Waals surface area (Å²) < 4.78 is 15.1. The Kier molecular flexibility index (Phi) is 4.60. The van der Waals surface area contributed by atoms with Crippen LogP contribution < -0.4 is 5.73 Å². The molecule has 0 amide bonds. The van der Waals surface area contributed by atoms with E-state index in [-0.39, 0.29) is 30.9 Å². The minimum atomic E-state index is -0.950. The molecule has 0 spiro atoms. The van der Waals surface area contributed by atoms with Gasteiger partial charge >= 0.3 is 5.97 Å². The highest BCUT2D eigenvalue weighted by Gasteiger charge is 2.38. The maximum absolute atomic E-state index is 15.1. The lowest BCUT2D eigenvalue weighted by atomic mass is 9.92. The Hall–Kier alpha value is -2.12. The number of allylic oxidation sites excluding steroid dienone is 4. The van der Waals surface area contributed by atoms with Gasteiger partial charge in [-0.15, -0.1) is 0 Å². The lowest BCUT2D eigenvalue weighted by Gasteiger charge is -2.37. The minimum Gasteiger partial charge on any atom is -0.478 e. The number of hydrogen-bond acceptors (Lipinski definition) is 5. The van der Waals surface area contributed by atoms with Gasteiger partial charge in [0, 0.05) is 31.0 Å². The van der Waals surface area contributed by atoms with Crippen molar-refractivity contribution < 1.29 is 19.4 Å². The van der Waals surface area contributed by atoms with Gasteiger partial charge in [-0.1, -0.05) is 0 Å². The molecule has 1 saturated heterocycles. The van der Waals surface area contributed by atoms with Crippen molar-refractivity contribution in [1.82, 2.24) is 9.80 Å². The number of aliphatic carboxylic acids is 1. The average Bonchev–Trinajstić information content (AvgIpc) is 3.38. The van der Waals surface area contributed by atoms with Crippen LogP contribution in [-0.2, 0) is 4.79 Å². The fraction of sp³-hybridized carbons (Fsp3) is 0.550. The molecule has 0 aromatic rings. The van der Waals surface area contributed by atoms with E-state index in [4.69, 9.17) is 5.73 Å². The molecule has 4 aliphatic rings. The van der Waals surface area contributed by atoms with E-state index in [2.05, 4.69) is 0 Å². The van der Waals surface area contributed by atoms with Gasteiger partial charge in [-0.25, -0.2) is 9.18 Å². The average molecular weight is 375 g/mol. The second-order valence-electron chi connectivity index (χ2n) is 7.97. The van der Waals surface area contributed by atoms with Crippen molar-refractivity contribution in [2.45, 2.75) is 32.2 Å². The van der Waals surface area contributed by atoms with Crippen LogP contribution in [-0.4, -0.2) is 58.3 Å². The number of fused-ring (bicyclic) bond motifs is 1. The van der Waals surface area contributed by atoms with E-state index >= 15 is 4.39 Å². The smallest absolute Gasteiger partial charge is 0.333 e. The summed E-state index contributed by atoms with van der Waals surface area (Å²) in [5.41, 5.74) is 9.69. The summed E-state index contributed by atoms with van der Waals surface area (Å²) in [5.74, 6) is -0.787. The Bertz CT molecular complexity index is 794. The Morgan fingerprint density at radius 2 is 2.11 bits per heavy atom. The van der Waals surface area contributed by atoms with Crippen molar-refractivity contribution >= 4 is 5.97 Å². The van der Waals surface area contributed by atoms with Crippen LogP contribution in [0.3, 0.4) is 0 Å². The summed E-state index contributed by atoms with van der Waals surface area (Å²) in [6, 6.07) is -0.292. The highest BCUT2D eigenvalue weighted by Crippen LogP contribution is 2.46. The highest BCUT2D eigenvalue weighted by molar-refractivity contribution is 5.88. The second kappa shape index (κ2) is 6.80. The molecule has 2 atom stereocenters. The normalized spacial score (nSPS) is 26.9. The van der Waals surface area contributed by atoms with Crippen LogP contribution in [0.1, 0.15) is 26.2 Å². The molecular weight excluding hydrogens is 349 g/mol. The number of carboxylic acid groups (broad SMARTS) is 1. The molecule has 0 radical (unpaired) electrons. The molecule has 1 unspecified atom stereocenters. The first kappa shape index (κ1) is 18.3. The van der Waals surface area contributed by atoms with Crippen molar-refractivity contribution in [3.8, 4) is 0 Å². The predicted molar refractivity (Wildman–Crippen MR) is 98.8 cm³/mol. The molecular formula is C20H26FN3O3. The summed E-state index contributed by atoms with van der Waals surface area (Å²) in [6.45, 7) is 3.36. The first-order valence-corrected chi connectivity index (χ1v) is 9.55. The minimum absolute atomic E-state index is 0.0671. The zero-order valence-electron chi connectivity index (χ0n) is 15.5. The van der Waals surface area contributed by atoms with Gasteiger partial charge in [0.15, 0.2) is 5.83 Å². The number of hydrogen-bond donors (Lipinski definition) is 3. The molecule has 1 saturated carbocycles. The van der Waals surface area contributed by atoms with Crippen LogP contribution in [0.25, 0.3) is 0 Å². The van der Waals surface area contributed by atoms with Gasteiger partial charge in [0.1, 0.15) is 0 Å². The molecule has 0 bridgehead atoms. The van der Waals surface area contributed by atoms with Gasteiger partial charge in [0.05, 0.1) is 24.4 Å². The van der Waals surface area contributed by atoms with E-state index < -0.39 is 5.97 Å². The fourth-order valence-electron chi connectivity index (χ4n) is 4.47. The molecule has 0 aromatic carbocycles. The lowest BCUT2D eigenvalue weighted by molar-refractivity contribution is -0.132. The van der Waals surface area contributed by atoms with Gasteiger partial charge in [0.25, 0.3) is 0 Å². The Morgan fingerprint density at radius 3 is 2.74 bits per heavy atom. The molecule has 3 heterocycles. The van der Waals surface area contributed by atoms with Crippen molar-refractivity contribution in [3.05, 3.63) is 46.2 Å². The number of nitrogens with zero attached hydrogens (tertiary/aromatic N) is 2. The summed E-state index contributed by atoms with van der Waals surface area (Å²) in [4.78, 5) is 15.3. The van der Waals surface area contributed by atoms with Gasteiger partial charge in [-0.05, 0) is 55.2 Å². The monoisotopic (exact) mass is 375 g/mol. The third kappa shape index (κ3) is 3.19. The largest absolute Gasteiger partial charge is 0.478 e. The number of rotatable bonds is 5. The van der Waals surface area contributed by atoms with Crippen LogP contribution in [0.15, 0.2) is 46.2 Å². The summed E-state index contributed by atoms with van der Waals surface area (Å²) in [5, 5.41) is 18.7. The van der Waals surface area contributed by atoms with Crippen LogP contribution in [0.4, 0.5) is 4.39 Å². The fourth-order valence-corrected chi connectivity index (χ4v) is 4.47. The van der Waals surface area contributed by atoms with E-state index in [1.54, 1.807) is 11.0 Å². The predicted octanol–water partition coefficient (Wildman–Crippen LogP) is 1.72. The highest BCUT2D eigenvalue weighted by atomic mass is 19.1.